The van der Waals surface area contributed by atoms with Gasteiger partial charge in [-0.15, -0.1) is 11.8 Å². The summed E-state index contributed by atoms with van der Waals surface area (Å²) in [7, 11) is 0. The maximum Gasteiger partial charge on any atom is 0.243 e. The third-order valence-corrected chi connectivity index (χ3v) is 6.74. The minimum Gasteiger partial charge on any atom is -0.355 e. The topological polar surface area (TPSA) is 49.4 Å². The van der Waals surface area contributed by atoms with Crippen molar-refractivity contribution < 1.29 is 9.59 Å². The van der Waals surface area contributed by atoms with E-state index in [1.807, 2.05) is 79.7 Å². The maximum absolute atomic E-state index is 13.5. The molecule has 0 saturated carbocycles. The van der Waals surface area contributed by atoms with Gasteiger partial charge in [0.1, 0.15) is 6.04 Å². The molecule has 0 aliphatic rings. The van der Waals surface area contributed by atoms with E-state index >= 15 is 0 Å². The van der Waals surface area contributed by atoms with E-state index in [1.54, 1.807) is 16.7 Å². The predicted molar refractivity (Wildman–Crippen MR) is 140 cm³/mol. The molecular formula is C27H29BrN2O2S. The van der Waals surface area contributed by atoms with E-state index in [0.717, 1.165) is 21.4 Å². The number of nitrogens with zero attached hydrogens (tertiary/aromatic N) is 1. The fourth-order valence-electron chi connectivity index (χ4n) is 3.55. The number of nitrogens with one attached hydrogen (secondary N) is 1. The molecular weight excluding hydrogens is 496 g/mol. The predicted octanol–water partition coefficient (Wildman–Crippen LogP) is 5.46. The van der Waals surface area contributed by atoms with Crippen molar-refractivity contribution in [3.05, 3.63) is 106 Å². The number of likely N-dealkylation sites (N-methyl/N-ethyl adjacent to an activating group) is 1. The quantitative estimate of drug-likeness (QED) is 0.362. The molecule has 172 valence electrons. The molecule has 0 radical (unpaired) electrons. The molecule has 3 aromatic carbocycles. The zero-order valence-electron chi connectivity index (χ0n) is 18.7. The van der Waals surface area contributed by atoms with Crippen LogP contribution in [0.5, 0.6) is 0 Å². The fourth-order valence-corrected chi connectivity index (χ4v) is 4.68. The summed E-state index contributed by atoms with van der Waals surface area (Å²) in [6, 6.07) is 27.3. The number of hydrogen-bond donors (Lipinski definition) is 1. The van der Waals surface area contributed by atoms with Crippen LogP contribution in [-0.2, 0) is 28.3 Å². The van der Waals surface area contributed by atoms with Crippen molar-refractivity contribution in [2.75, 3.05) is 12.3 Å². The van der Waals surface area contributed by atoms with Gasteiger partial charge in [-0.1, -0.05) is 88.7 Å². The molecule has 4 nitrogen and oxygen atoms in total. The van der Waals surface area contributed by atoms with Gasteiger partial charge in [0.15, 0.2) is 0 Å². The van der Waals surface area contributed by atoms with E-state index in [2.05, 4.69) is 33.4 Å². The van der Waals surface area contributed by atoms with Crippen molar-refractivity contribution >= 4 is 39.5 Å². The van der Waals surface area contributed by atoms with Crippen LogP contribution < -0.4 is 5.32 Å². The second kappa shape index (κ2) is 13.2. The molecule has 0 aromatic heterocycles. The van der Waals surface area contributed by atoms with E-state index in [4.69, 9.17) is 0 Å². The number of amides is 2. The molecule has 2 amide bonds. The van der Waals surface area contributed by atoms with E-state index in [0.29, 0.717) is 25.3 Å². The Kier molecular flexibility index (Phi) is 10.0. The lowest BCUT2D eigenvalue weighted by Gasteiger charge is -2.31. The summed E-state index contributed by atoms with van der Waals surface area (Å²) in [5.74, 6) is 0.908. The Morgan fingerprint density at radius 2 is 1.48 bits per heavy atom. The first-order valence-corrected chi connectivity index (χ1v) is 13.0. The Morgan fingerprint density at radius 3 is 2.09 bits per heavy atom. The highest BCUT2D eigenvalue weighted by Crippen LogP contribution is 2.19. The van der Waals surface area contributed by atoms with Gasteiger partial charge in [-0.05, 0) is 35.7 Å². The number of carbonyl (C=O) groups excluding carboxylic acids is 2. The van der Waals surface area contributed by atoms with Crippen LogP contribution >= 0.6 is 27.7 Å². The summed E-state index contributed by atoms with van der Waals surface area (Å²) < 4.78 is 0.979. The highest BCUT2D eigenvalue weighted by atomic mass is 79.9. The first-order valence-electron chi connectivity index (χ1n) is 11.0. The van der Waals surface area contributed by atoms with Gasteiger partial charge in [-0.2, -0.15) is 0 Å². The zero-order valence-corrected chi connectivity index (χ0v) is 21.1. The SMILES string of the molecule is CCNC(=O)C(Cc1ccccc1)N(Cc1ccc(Br)cc1)C(=O)CSCc1ccccc1. The third kappa shape index (κ3) is 8.06. The normalized spacial score (nSPS) is 11.6. The number of hydrogen-bond acceptors (Lipinski definition) is 3. The smallest absolute Gasteiger partial charge is 0.243 e. The maximum atomic E-state index is 13.5. The van der Waals surface area contributed by atoms with Crippen LogP contribution in [0.25, 0.3) is 0 Å². The Labute approximate surface area is 208 Å². The molecule has 0 bridgehead atoms. The standard InChI is InChI=1S/C27H29BrN2O2S/c1-2-29-27(32)25(17-21-9-5-3-6-10-21)30(18-22-13-15-24(28)16-14-22)26(31)20-33-19-23-11-7-4-8-12-23/h3-16,25H,2,17-20H2,1H3,(H,29,32). The van der Waals surface area contributed by atoms with Gasteiger partial charge in [0.2, 0.25) is 11.8 Å². The van der Waals surface area contributed by atoms with Gasteiger partial charge in [0.25, 0.3) is 0 Å². The molecule has 0 aliphatic carbocycles. The van der Waals surface area contributed by atoms with Crippen LogP contribution in [-0.4, -0.2) is 35.1 Å². The van der Waals surface area contributed by atoms with Gasteiger partial charge >= 0.3 is 0 Å². The molecule has 3 aromatic rings. The Hall–Kier alpha value is -2.57. The first kappa shape index (κ1) is 25.1. The molecule has 33 heavy (non-hydrogen) atoms. The molecule has 0 aliphatic heterocycles. The highest BCUT2D eigenvalue weighted by Gasteiger charge is 2.30. The number of halogens is 1. The van der Waals surface area contributed by atoms with E-state index < -0.39 is 6.04 Å². The largest absolute Gasteiger partial charge is 0.355 e. The van der Waals surface area contributed by atoms with Crippen molar-refractivity contribution in [2.45, 2.75) is 31.7 Å². The fraction of sp³-hybridized carbons (Fsp3) is 0.259. The molecule has 1 atom stereocenters. The third-order valence-electron chi connectivity index (χ3n) is 5.23. The van der Waals surface area contributed by atoms with Crippen LogP contribution in [0.15, 0.2) is 89.4 Å². The summed E-state index contributed by atoms with van der Waals surface area (Å²) in [6.07, 6.45) is 0.471. The van der Waals surface area contributed by atoms with E-state index in [9.17, 15) is 9.59 Å². The number of carbonyl (C=O) groups is 2. The Balaban J connectivity index is 1.81. The average Bonchev–Trinajstić information content (AvgIpc) is 2.84. The lowest BCUT2D eigenvalue weighted by molar-refractivity contribution is -0.139. The molecule has 6 heteroatoms. The Morgan fingerprint density at radius 1 is 0.879 bits per heavy atom. The van der Waals surface area contributed by atoms with E-state index in [-0.39, 0.29) is 11.8 Å². The first-order chi connectivity index (χ1) is 16.1. The molecule has 1 N–H and O–H groups in total. The lowest BCUT2D eigenvalue weighted by Crippen LogP contribution is -2.51. The summed E-state index contributed by atoms with van der Waals surface area (Å²) in [5.41, 5.74) is 3.19. The van der Waals surface area contributed by atoms with Gasteiger partial charge in [0.05, 0.1) is 5.75 Å². The molecule has 1 unspecified atom stereocenters. The monoisotopic (exact) mass is 524 g/mol. The number of rotatable bonds is 11. The van der Waals surface area contributed by atoms with Gasteiger partial charge in [-0.25, -0.2) is 0 Å². The molecule has 3 rings (SSSR count). The van der Waals surface area contributed by atoms with Crippen LogP contribution in [0, 0.1) is 0 Å². The van der Waals surface area contributed by atoms with Crippen molar-refractivity contribution in [1.29, 1.82) is 0 Å². The van der Waals surface area contributed by atoms with Crippen LogP contribution in [0.4, 0.5) is 0 Å². The van der Waals surface area contributed by atoms with Gasteiger partial charge in [0, 0.05) is 29.7 Å². The zero-order chi connectivity index (χ0) is 23.5. The summed E-state index contributed by atoms with van der Waals surface area (Å²) in [4.78, 5) is 28.3. The number of benzene rings is 3. The molecule has 0 saturated heterocycles. The summed E-state index contributed by atoms with van der Waals surface area (Å²) >= 11 is 5.04. The van der Waals surface area contributed by atoms with Crippen LogP contribution in [0.2, 0.25) is 0 Å². The minimum absolute atomic E-state index is 0.0361. The van der Waals surface area contributed by atoms with Crippen LogP contribution in [0.3, 0.4) is 0 Å². The second-order valence-electron chi connectivity index (χ2n) is 7.73. The van der Waals surface area contributed by atoms with Gasteiger partial charge in [-0.3, -0.25) is 9.59 Å². The Bertz CT molecular complexity index is 1010. The minimum atomic E-state index is -0.583. The average molecular weight is 526 g/mol. The van der Waals surface area contributed by atoms with Crippen molar-refractivity contribution in [1.82, 2.24) is 10.2 Å². The van der Waals surface area contributed by atoms with Crippen molar-refractivity contribution in [3.8, 4) is 0 Å². The van der Waals surface area contributed by atoms with Crippen molar-refractivity contribution in [3.63, 3.8) is 0 Å². The second-order valence-corrected chi connectivity index (χ2v) is 9.63. The van der Waals surface area contributed by atoms with Crippen molar-refractivity contribution in [2.24, 2.45) is 0 Å². The van der Waals surface area contributed by atoms with Crippen LogP contribution in [0.1, 0.15) is 23.6 Å². The van der Waals surface area contributed by atoms with Gasteiger partial charge < -0.3 is 10.2 Å². The molecule has 0 spiro atoms. The lowest BCUT2D eigenvalue weighted by atomic mass is 10.0. The highest BCUT2D eigenvalue weighted by molar-refractivity contribution is 9.10. The van der Waals surface area contributed by atoms with E-state index in [1.165, 1.54) is 5.56 Å². The number of thioether (sulfide) groups is 1. The molecule has 0 heterocycles. The summed E-state index contributed by atoms with van der Waals surface area (Å²) in [6.45, 7) is 2.80. The summed E-state index contributed by atoms with van der Waals surface area (Å²) in [5, 5.41) is 2.93. The molecule has 0 fully saturated rings.